The zero-order valence-electron chi connectivity index (χ0n) is 6.53. The van der Waals surface area contributed by atoms with Gasteiger partial charge in [0.1, 0.15) is 0 Å². The Bertz CT molecular complexity index is 328. The van der Waals surface area contributed by atoms with Crippen LogP contribution in [0.1, 0.15) is 5.56 Å². The Kier molecular flexibility index (Phi) is 2.66. The molecule has 0 aromatic heterocycles. The van der Waals surface area contributed by atoms with E-state index in [1.165, 1.54) is 24.3 Å². The van der Waals surface area contributed by atoms with Gasteiger partial charge in [-0.3, -0.25) is 0 Å². The van der Waals surface area contributed by atoms with Crippen molar-refractivity contribution in [3.05, 3.63) is 41.4 Å². The largest absolute Gasteiger partial charge is 0.416 e. The van der Waals surface area contributed by atoms with E-state index >= 15 is 0 Å². The summed E-state index contributed by atoms with van der Waals surface area (Å²) in [6.45, 7) is 2.95. The van der Waals surface area contributed by atoms with Crippen molar-refractivity contribution in [3.63, 3.8) is 0 Å². The van der Waals surface area contributed by atoms with Gasteiger partial charge in [0.2, 0.25) is 0 Å². The molecule has 0 N–H and O–H groups in total. The number of benzene rings is 1. The first-order valence-corrected chi connectivity index (χ1v) is 3.81. The molecule has 0 amide bonds. The Balaban J connectivity index is 3.03. The number of hydrogen-bond acceptors (Lipinski definition) is 0. The summed E-state index contributed by atoms with van der Waals surface area (Å²) in [6.07, 6.45) is -4.40. The van der Waals surface area contributed by atoms with Gasteiger partial charge in [0.25, 0.3) is 0 Å². The van der Waals surface area contributed by atoms with Gasteiger partial charge in [-0.1, -0.05) is 30.3 Å². The maximum absolute atomic E-state index is 12.1. The van der Waals surface area contributed by atoms with Crippen LogP contribution in [-0.2, 0) is 0 Å². The molecule has 0 heterocycles. The minimum Gasteiger partial charge on any atom is -0.166 e. The molecule has 0 unspecified atom stereocenters. The van der Waals surface area contributed by atoms with Crippen LogP contribution in [0.5, 0.6) is 0 Å². The zero-order valence-corrected chi connectivity index (χ0v) is 7.28. The molecule has 1 aromatic rings. The minimum atomic E-state index is -4.40. The van der Waals surface area contributed by atoms with Crippen molar-refractivity contribution >= 4 is 17.2 Å². The van der Waals surface area contributed by atoms with E-state index in [4.69, 9.17) is 11.6 Å². The fourth-order valence-electron chi connectivity index (χ4n) is 0.840. The van der Waals surface area contributed by atoms with Crippen LogP contribution in [0, 0.1) is 0 Å². The molecule has 4 heteroatoms. The highest BCUT2D eigenvalue weighted by Gasteiger charge is 2.32. The predicted molar refractivity (Wildman–Crippen MR) is 46.5 cm³/mol. The van der Waals surface area contributed by atoms with Crippen molar-refractivity contribution in [1.29, 1.82) is 0 Å². The summed E-state index contributed by atoms with van der Waals surface area (Å²) in [4.78, 5) is 0. The molecule has 0 aliphatic rings. The molecule has 1 rings (SSSR count). The first-order valence-electron chi connectivity index (χ1n) is 3.43. The van der Waals surface area contributed by atoms with Gasteiger partial charge in [-0.2, -0.15) is 13.2 Å². The summed E-state index contributed by atoms with van der Waals surface area (Å²) in [6, 6.07) is 5.52. The van der Waals surface area contributed by atoms with E-state index in [0.717, 1.165) is 0 Å². The van der Waals surface area contributed by atoms with Gasteiger partial charge in [0.05, 0.1) is 5.57 Å². The van der Waals surface area contributed by atoms with E-state index in [9.17, 15) is 13.2 Å². The van der Waals surface area contributed by atoms with Crippen LogP contribution in [0.25, 0.3) is 5.57 Å². The van der Waals surface area contributed by atoms with E-state index < -0.39 is 11.7 Å². The molecule has 0 nitrogen and oxygen atoms in total. The maximum atomic E-state index is 12.1. The molecule has 0 saturated heterocycles. The first kappa shape index (κ1) is 10.1. The van der Waals surface area contributed by atoms with Crippen LogP contribution < -0.4 is 0 Å². The van der Waals surface area contributed by atoms with Crippen LogP contribution in [0.3, 0.4) is 0 Å². The number of hydrogen-bond donors (Lipinski definition) is 0. The second kappa shape index (κ2) is 3.42. The van der Waals surface area contributed by atoms with Crippen molar-refractivity contribution in [1.82, 2.24) is 0 Å². The average Bonchev–Trinajstić information content (AvgIpc) is 2.01. The molecule has 0 atom stereocenters. The Morgan fingerprint density at radius 1 is 1.31 bits per heavy atom. The summed E-state index contributed by atoms with van der Waals surface area (Å²) in [5.41, 5.74) is -0.880. The summed E-state index contributed by atoms with van der Waals surface area (Å²) >= 11 is 5.53. The molecular formula is C9H6ClF3. The summed E-state index contributed by atoms with van der Waals surface area (Å²) in [5.74, 6) is 0. The lowest BCUT2D eigenvalue weighted by Gasteiger charge is -2.09. The number of allylic oxidation sites excluding steroid dienone is 1. The van der Waals surface area contributed by atoms with Crippen LogP contribution >= 0.6 is 11.6 Å². The van der Waals surface area contributed by atoms with Gasteiger partial charge in [0.15, 0.2) is 0 Å². The van der Waals surface area contributed by atoms with Crippen LogP contribution in [0.4, 0.5) is 13.2 Å². The van der Waals surface area contributed by atoms with E-state index in [0.29, 0.717) is 0 Å². The standard InChI is InChI=1S/C9H6ClF3/c1-6(9(11,12)13)7-3-2-4-8(10)5-7/h2-5H,1H2. The van der Waals surface area contributed by atoms with Gasteiger partial charge >= 0.3 is 6.18 Å². The van der Waals surface area contributed by atoms with Crippen molar-refractivity contribution in [2.75, 3.05) is 0 Å². The fourth-order valence-corrected chi connectivity index (χ4v) is 1.03. The summed E-state index contributed by atoms with van der Waals surface area (Å²) < 4.78 is 36.4. The lowest BCUT2D eigenvalue weighted by molar-refractivity contribution is -0.0686. The Labute approximate surface area is 78.6 Å². The lowest BCUT2D eigenvalue weighted by Crippen LogP contribution is -2.09. The molecule has 0 spiro atoms. The van der Waals surface area contributed by atoms with E-state index in [2.05, 4.69) is 6.58 Å². The fraction of sp³-hybridized carbons (Fsp3) is 0.111. The van der Waals surface area contributed by atoms with E-state index in [1.54, 1.807) is 0 Å². The van der Waals surface area contributed by atoms with Gasteiger partial charge in [-0.25, -0.2) is 0 Å². The predicted octanol–water partition coefficient (Wildman–Crippen LogP) is 3.92. The van der Waals surface area contributed by atoms with Crippen LogP contribution in [0.2, 0.25) is 5.02 Å². The quantitative estimate of drug-likeness (QED) is 0.654. The van der Waals surface area contributed by atoms with Gasteiger partial charge < -0.3 is 0 Å². The third-order valence-electron chi connectivity index (χ3n) is 1.52. The molecule has 0 fully saturated rings. The minimum absolute atomic E-state index is 0.000000000000000444. The molecule has 1 aromatic carbocycles. The second-order valence-electron chi connectivity index (χ2n) is 2.49. The summed E-state index contributed by atoms with van der Waals surface area (Å²) in [5, 5.41) is 0.267. The molecule has 70 valence electrons. The topological polar surface area (TPSA) is 0 Å². The highest BCUT2D eigenvalue weighted by molar-refractivity contribution is 6.30. The molecule has 0 radical (unpaired) electrons. The second-order valence-corrected chi connectivity index (χ2v) is 2.92. The molecule has 13 heavy (non-hydrogen) atoms. The Morgan fingerprint density at radius 3 is 2.38 bits per heavy atom. The third kappa shape index (κ3) is 2.49. The van der Waals surface area contributed by atoms with Gasteiger partial charge in [0, 0.05) is 5.02 Å². The third-order valence-corrected chi connectivity index (χ3v) is 1.75. The normalized spacial score (nSPS) is 11.4. The van der Waals surface area contributed by atoms with Crippen LogP contribution in [-0.4, -0.2) is 6.18 Å². The van der Waals surface area contributed by atoms with Crippen LogP contribution in [0.15, 0.2) is 30.8 Å². The van der Waals surface area contributed by atoms with Gasteiger partial charge in [-0.05, 0) is 17.7 Å². The van der Waals surface area contributed by atoms with Crippen molar-refractivity contribution in [3.8, 4) is 0 Å². The highest BCUT2D eigenvalue weighted by Crippen LogP contribution is 2.32. The van der Waals surface area contributed by atoms with Gasteiger partial charge in [-0.15, -0.1) is 0 Å². The van der Waals surface area contributed by atoms with E-state index in [-0.39, 0.29) is 10.6 Å². The lowest BCUT2D eigenvalue weighted by atomic mass is 10.1. The van der Waals surface area contributed by atoms with Crippen molar-refractivity contribution in [2.24, 2.45) is 0 Å². The molecule has 0 aliphatic heterocycles. The summed E-state index contributed by atoms with van der Waals surface area (Å²) in [7, 11) is 0. The Hall–Kier alpha value is -0.960. The molecule has 0 aliphatic carbocycles. The Morgan fingerprint density at radius 2 is 1.92 bits per heavy atom. The zero-order chi connectivity index (χ0) is 10.1. The van der Waals surface area contributed by atoms with Crippen molar-refractivity contribution < 1.29 is 13.2 Å². The number of halogens is 4. The van der Waals surface area contributed by atoms with E-state index in [1.807, 2.05) is 0 Å². The monoisotopic (exact) mass is 206 g/mol. The SMILES string of the molecule is C=C(c1cccc(Cl)c1)C(F)(F)F. The molecule has 0 bridgehead atoms. The maximum Gasteiger partial charge on any atom is 0.416 e. The highest BCUT2D eigenvalue weighted by atomic mass is 35.5. The number of rotatable bonds is 1. The average molecular weight is 207 g/mol. The number of alkyl halides is 3. The first-order chi connectivity index (χ1) is 5.91. The van der Waals surface area contributed by atoms with Crippen molar-refractivity contribution in [2.45, 2.75) is 6.18 Å². The smallest absolute Gasteiger partial charge is 0.166 e. The molecular weight excluding hydrogens is 201 g/mol. The molecule has 0 saturated carbocycles.